The molecule has 0 spiro atoms. The molecule has 1 atom stereocenters. The molecule has 14 heavy (non-hydrogen) atoms. The Bertz CT molecular complexity index is 285. The second kappa shape index (κ2) is 5.38. The van der Waals surface area contributed by atoms with Crippen LogP contribution in [-0.2, 0) is 12.8 Å². The third kappa shape index (κ3) is 2.49. The van der Waals surface area contributed by atoms with E-state index >= 15 is 0 Å². The number of benzene rings is 1. The third-order valence-electron chi connectivity index (χ3n) is 2.99. The quantitative estimate of drug-likeness (QED) is 0.705. The number of fused-ring (bicyclic) bond motifs is 1. The number of hydrogen-bond acceptors (Lipinski definition) is 1. The van der Waals surface area contributed by atoms with E-state index in [1.54, 1.807) is 11.1 Å². The topological polar surface area (TPSA) is 12.0 Å². The first-order chi connectivity index (χ1) is 6.40. The van der Waals surface area contributed by atoms with Crippen molar-refractivity contribution in [2.75, 3.05) is 7.05 Å². The molecule has 0 saturated heterocycles. The van der Waals surface area contributed by atoms with Crippen molar-refractivity contribution < 1.29 is 0 Å². The standard InChI is InChI=1S/C12H17N.ClH/c1-13-12-8-4-7-10-5-2-3-6-11(10)9-12;/h2-3,5-6,12-13H,4,7-9H2,1H3;1H. The molecule has 1 aromatic carbocycles. The number of halogens is 1. The normalized spacial score (nSPS) is 20.5. The molecule has 1 aliphatic rings. The van der Waals surface area contributed by atoms with Gasteiger partial charge < -0.3 is 5.32 Å². The van der Waals surface area contributed by atoms with Crippen molar-refractivity contribution in [3.05, 3.63) is 35.4 Å². The van der Waals surface area contributed by atoms with Crippen molar-refractivity contribution in [3.8, 4) is 0 Å². The fourth-order valence-corrected chi connectivity index (χ4v) is 2.15. The van der Waals surface area contributed by atoms with Crippen LogP contribution in [-0.4, -0.2) is 13.1 Å². The van der Waals surface area contributed by atoms with Gasteiger partial charge in [0.15, 0.2) is 0 Å². The van der Waals surface area contributed by atoms with Gasteiger partial charge in [-0.3, -0.25) is 0 Å². The first-order valence-corrected chi connectivity index (χ1v) is 5.14. The highest BCUT2D eigenvalue weighted by atomic mass is 35.5. The zero-order valence-corrected chi connectivity index (χ0v) is 9.44. The molecule has 78 valence electrons. The molecule has 0 saturated carbocycles. The lowest BCUT2D eigenvalue weighted by atomic mass is 10.0. The van der Waals surface area contributed by atoms with Crippen LogP contribution in [0.15, 0.2) is 24.3 Å². The Morgan fingerprint density at radius 1 is 1.21 bits per heavy atom. The average Bonchev–Trinajstić information content (AvgIpc) is 2.38. The van der Waals surface area contributed by atoms with E-state index in [1.807, 2.05) is 0 Å². The second-order valence-electron chi connectivity index (χ2n) is 3.85. The van der Waals surface area contributed by atoms with Crippen LogP contribution < -0.4 is 5.32 Å². The van der Waals surface area contributed by atoms with Gasteiger partial charge in [-0.1, -0.05) is 24.3 Å². The molecule has 1 aliphatic carbocycles. The number of rotatable bonds is 1. The van der Waals surface area contributed by atoms with Crippen LogP contribution >= 0.6 is 12.4 Å². The first kappa shape index (κ1) is 11.5. The number of likely N-dealkylation sites (N-methyl/N-ethyl adjacent to an activating group) is 1. The van der Waals surface area contributed by atoms with Gasteiger partial charge in [-0.2, -0.15) is 0 Å². The molecule has 0 aliphatic heterocycles. The Morgan fingerprint density at radius 2 is 1.93 bits per heavy atom. The zero-order chi connectivity index (χ0) is 9.10. The van der Waals surface area contributed by atoms with Crippen LogP contribution in [0.4, 0.5) is 0 Å². The monoisotopic (exact) mass is 211 g/mol. The van der Waals surface area contributed by atoms with E-state index in [2.05, 4.69) is 36.6 Å². The molecular weight excluding hydrogens is 194 g/mol. The molecule has 0 fully saturated rings. The lowest BCUT2D eigenvalue weighted by Gasteiger charge is -2.12. The smallest absolute Gasteiger partial charge is 0.0105 e. The molecule has 0 radical (unpaired) electrons. The predicted octanol–water partition coefficient (Wildman–Crippen LogP) is 2.58. The Morgan fingerprint density at radius 3 is 2.64 bits per heavy atom. The van der Waals surface area contributed by atoms with E-state index in [0.29, 0.717) is 6.04 Å². The van der Waals surface area contributed by atoms with Crippen molar-refractivity contribution in [1.82, 2.24) is 5.32 Å². The van der Waals surface area contributed by atoms with Crippen LogP contribution in [0, 0.1) is 0 Å². The van der Waals surface area contributed by atoms with Crippen molar-refractivity contribution in [3.63, 3.8) is 0 Å². The maximum atomic E-state index is 3.38. The summed E-state index contributed by atoms with van der Waals surface area (Å²) in [4.78, 5) is 0. The number of aryl methyl sites for hydroxylation is 1. The van der Waals surface area contributed by atoms with Gasteiger partial charge >= 0.3 is 0 Å². The van der Waals surface area contributed by atoms with E-state index in [9.17, 15) is 0 Å². The molecule has 1 N–H and O–H groups in total. The summed E-state index contributed by atoms with van der Waals surface area (Å²) < 4.78 is 0. The highest BCUT2D eigenvalue weighted by molar-refractivity contribution is 5.85. The minimum atomic E-state index is 0. The summed E-state index contributed by atoms with van der Waals surface area (Å²) >= 11 is 0. The summed E-state index contributed by atoms with van der Waals surface area (Å²) in [6.45, 7) is 0. The summed E-state index contributed by atoms with van der Waals surface area (Å²) in [5.74, 6) is 0. The maximum Gasteiger partial charge on any atom is 0.0105 e. The minimum Gasteiger partial charge on any atom is -0.317 e. The lowest BCUT2D eigenvalue weighted by molar-refractivity contribution is 0.517. The fraction of sp³-hybridized carbons (Fsp3) is 0.500. The van der Waals surface area contributed by atoms with Gasteiger partial charge in [-0.25, -0.2) is 0 Å². The summed E-state index contributed by atoms with van der Waals surface area (Å²) in [6.07, 6.45) is 5.09. The molecule has 1 unspecified atom stereocenters. The van der Waals surface area contributed by atoms with Gasteiger partial charge in [0.25, 0.3) is 0 Å². The van der Waals surface area contributed by atoms with Crippen molar-refractivity contribution >= 4 is 12.4 Å². The predicted molar refractivity (Wildman–Crippen MR) is 63.2 cm³/mol. The number of nitrogens with one attached hydrogen (secondary N) is 1. The van der Waals surface area contributed by atoms with Crippen LogP contribution in [0.5, 0.6) is 0 Å². The Hall–Kier alpha value is -0.530. The molecule has 2 rings (SSSR count). The van der Waals surface area contributed by atoms with E-state index in [-0.39, 0.29) is 12.4 Å². The average molecular weight is 212 g/mol. The van der Waals surface area contributed by atoms with Gasteiger partial charge in [0.2, 0.25) is 0 Å². The van der Waals surface area contributed by atoms with Gasteiger partial charge in [-0.05, 0) is 43.9 Å². The van der Waals surface area contributed by atoms with Crippen molar-refractivity contribution in [2.24, 2.45) is 0 Å². The summed E-state index contributed by atoms with van der Waals surface area (Å²) in [6, 6.07) is 9.52. The summed E-state index contributed by atoms with van der Waals surface area (Å²) in [7, 11) is 2.07. The second-order valence-corrected chi connectivity index (χ2v) is 3.85. The van der Waals surface area contributed by atoms with Crippen LogP contribution in [0.25, 0.3) is 0 Å². The highest BCUT2D eigenvalue weighted by Gasteiger charge is 2.13. The SMILES string of the molecule is CNC1CCCc2ccccc2C1.Cl. The molecule has 2 heteroatoms. The van der Waals surface area contributed by atoms with Crippen LogP contribution in [0.3, 0.4) is 0 Å². The molecule has 0 bridgehead atoms. The molecule has 0 heterocycles. The Labute approximate surface area is 92.3 Å². The van der Waals surface area contributed by atoms with Crippen LogP contribution in [0.2, 0.25) is 0 Å². The van der Waals surface area contributed by atoms with Gasteiger partial charge in [0, 0.05) is 6.04 Å². The fourth-order valence-electron chi connectivity index (χ4n) is 2.15. The largest absolute Gasteiger partial charge is 0.317 e. The molecule has 0 amide bonds. The van der Waals surface area contributed by atoms with Gasteiger partial charge in [0.05, 0.1) is 0 Å². The highest BCUT2D eigenvalue weighted by Crippen LogP contribution is 2.20. The molecule has 0 aromatic heterocycles. The molecule has 1 aromatic rings. The lowest BCUT2D eigenvalue weighted by Crippen LogP contribution is -2.26. The van der Waals surface area contributed by atoms with Crippen molar-refractivity contribution in [2.45, 2.75) is 31.7 Å². The Balaban J connectivity index is 0.000000980. The van der Waals surface area contributed by atoms with Gasteiger partial charge in [-0.15, -0.1) is 12.4 Å². The van der Waals surface area contributed by atoms with Crippen LogP contribution in [0.1, 0.15) is 24.0 Å². The molecule has 1 nitrogen and oxygen atoms in total. The maximum absolute atomic E-state index is 3.38. The van der Waals surface area contributed by atoms with Gasteiger partial charge in [0.1, 0.15) is 0 Å². The van der Waals surface area contributed by atoms with E-state index in [1.165, 1.54) is 25.7 Å². The third-order valence-corrected chi connectivity index (χ3v) is 2.99. The Kier molecular flexibility index (Phi) is 4.43. The summed E-state index contributed by atoms with van der Waals surface area (Å²) in [5.41, 5.74) is 3.10. The van der Waals surface area contributed by atoms with E-state index in [0.717, 1.165) is 0 Å². The molecular formula is C12H18ClN. The zero-order valence-electron chi connectivity index (χ0n) is 8.62. The minimum absolute atomic E-state index is 0. The van der Waals surface area contributed by atoms with Crippen molar-refractivity contribution in [1.29, 1.82) is 0 Å². The summed E-state index contributed by atoms with van der Waals surface area (Å²) in [5, 5.41) is 3.38. The van der Waals surface area contributed by atoms with E-state index in [4.69, 9.17) is 0 Å². The number of hydrogen-bond donors (Lipinski definition) is 1. The van der Waals surface area contributed by atoms with E-state index < -0.39 is 0 Å². The first-order valence-electron chi connectivity index (χ1n) is 5.14.